The van der Waals surface area contributed by atoms with Crippen molar-refractivity contribution in [3.05, 3.63) is 76.4 Å². The van der Waals surface area contributed by atoms with Crippen molar-refractivity contribution < 1.29 is 4.79 Å². The first-order valence-electron chi connectivity index (χ1n) is 7.26. The maximum atomic E-state index is 12.1. The fourth-order valence-electron chi connectivity index (χ4n) is 2.23. The SMILES string of the molecule is O=C(Cc1c(Cl)cccc1Cl)NCc1ccnc(-n2ccnc2)c1. The van der Waals surface area contributed by atoms with Gasteiger partial charge in [0.15, 0.2) is 0 Å². The van der Waals surface area contributed by atoms with Crippen LogP contribution in [0.5, 0.6) is 0 Å². The first kappa shape index (κ1) is 16.5. The van der Waals surface area contributed by atoms with Gasteiger partial charge in [-0.15, -0.1) is 0 Å². The summed E-state index contributed by atoms with van der Waals surface area (Å²) in [6.45, 7) is 0.394. The lowest BCUT2D eigenvalue weighted by atomic mass is 10.1. The van der Waals surface area contributed by atoms with E-state index < -0.39 is 0 Å². The molecule has 2 aromatic heterocycles. The van der Waals surface area contributed by atoms with Gasteiger partial charge in [0, 0.05) is 35.2 Å². The number of amides is 1. The zero-order valence-corrected chi connectivity index (χ0v) is 14.1. The van der Waals surface area contributed by atoms with Gasteiger partial charge >= 0.3 is 0 Å². The van der Waals surface area contributed by atoms with Crippen molar-refractivity contribution in [3.8, 4) is 5.82 Å². The molecule has 0 fully saturated rings. The van der Waals surface area contributed by atoms with Crippen LogP contribution in [-0.2, 0) is 17.8 Å². The summed E-state index contributed by atoms with van der Waals surface area (Å²) in [7, 11) is 0. The molecule has 0 radical (unpaired) electrons. The summed E-state index contributed by atoms with van der Waals surface area (Å²) in [6.07, 6.45) is 7.00. The van der Waals surface area contributed by atoms with E-state index in [4.69, 9.17) is 23.2 Å². The number of nitrogens with one attached hydrogen (secondary N) is 1. The lowest BCUT2D eigenvalue weighted by molar-refractivity contribution is -0.120. The lowest BCUT2D eigenvalue weighted by Gasteiger charge is -2.09. The molecule has 3 rings (SSSR count). The number of aromatic nitrogens is 3. The molecule has 0 spiro atoms. The molecule has 0 bridgehead atoms. The molecule has 0 aliphatic heterocycles. The highest BCUT2D eigenvalue weighted by Gasteiger charge is 2.10. The van der Waals surface area contributed by atoms with Crippen LogP contribution >= 0.6 is 23.2 Å². The average Bonchev–Trinajstić information content (AvgIpc) is 3.11. The molecule has 1 N–H and O–H groups in total. The summed E-state index contributed by atoms with van der Waals surface area (Å²) in [5, 5.41) is 3.85. The van der Waals surface area contributed by atoms with Crippen molar-refractivity contribution in [1.82, 2.24) is 19.9 Å². The Morgan fingerprint density at radius 3 is 2.67 bits per heavy atom. The molecule has 122 valence electrons. The van der Waals surface area contributed by atoms with Gasteiger partial charge in [-0.2, -0.15) is 0 Å². The molecule has 5 nitrogen and oxygen atoms in total. The predicted molar refractivity (Wildman–Crippen MR) is 93.4 cm³/mol. The van der Waals surface area contributed by atoms with Crippen LogP contribution in [0.15, 0.2) is 55.2 Å². The Bertz CT molecular complexity index is 829. The molecule has 3 aromatic rings. The number of carbonyl (C=O) groups excluding carboxylic acids is 1. The van der Waals surface area contributed by atoms with Crippen molar-refractivity contribution in [2.75, 3.05) is 0 Å². The van der Waals surface area contributed by atoms with Gasteiger partial charge in [-0.1, -0.05) is 29.3 Å². The summed E-state index contributed by atoms with van der Waals surface area (Å²) in [6, 6.07) is 8.93. The van der Waals surface area contributed by atoms with Crippen molar-refractivity contribution in [1.29, 1.82) is 0 Å². The summed E-state index contributed by atoms with van der Waals surface area (Å²) in [5.41, 5.74) is 1.57. The van der Waals surface area contributed by atoms with E-state index in [1.807, 2.05) is 18.3 Å². The topological polar surface area (TPSA) is 59.8 Å². The molecule has 0 saturated carbocycles. The van der Waals surface area contributed by atoms with Crippen molar-refractivity contribution in [2.24, 2.45) is 0 Å². The van der Waals surface area contributed by atoms with Crippen LogP contribution in [-0.4, -0.2) is 20.4 Å². The van der Waals surface area contributed by atoms with Gasteiger partial charge in [0.05, 0.1) is 6.42 Å². The van der Waals surface area contributed by atoms with Gasteiger partial charge in [-0.05, 0) is 35.4 Å². The second-order valence-electron chi connectivity index (χ2n) is 5.15. The van der Waals surface area contributed by atoms with Crippen LogP contribution in [0, 0.1) is 0 Å². The largest absolute Gasteiger partial charge is 0.352 e. The zero-order valence-electron chi connectivity index (χ0n) is 12.6. The Balaban J connectivity index is 1.64. The van der Waals surface area contributed by atoms with E-state index in [2.05, 4.69) is 15.3 Å². The second-order valence-corrected chi connectivity index (χ2v) is 5.96. The number of rotatable bonds is 5. The van der Waals surface area contributed by atoms with Gasteiger partial charge in [0.2, 0.25) is 5.91 Å². The third-order valence-corrected chi connectivity index (χ3v) is 4.18. The molecular weight excluding hydrogens is 347 g/mol. The van der Waals surface area contributed by atoms with E-state index in [9.17, 15) is 4.79 Å². The summed E-state index contributed by atoms with van der Waals surface area (Å²) < 4.78 is 1.80. The molecule has 1 amide bonds. The van der Waals surface area contributed by atoms with Crippen LogP contribution in [0.2, 0.25) is 10.0 Å². The number of carbonyl (C=O) groups is 1. The minimum Gasteiger partial charge on any atom is -0.352 e. The van der Waals surface area contributed by atoms with Crippen molar-refractivity contribution in [3.63, 3.8) is 0 Å². The fraction of sp³-hybridized carbons (Fsp3) is 0.118. The van der Waals surface area contributed by atoms with Gasteiger partial charge < -0.3 is 5.32 Å². The Hall–Kier alpha value is -2.37. The van der Waals surface area contributed by atoms with Crippen LogP contribution < -0.4 is 5.32 Å². The number of benzene rings is 1. The lowest BCUT2D eigenvalue weighted by Crippen LogP contribution is -2.24. The molecule has 0 atom stereocenters. The average molecular weight is 361 g/mol. The number of imidazole rings is 1. The standard InChI is InChI=1S/C17H14Cl2N4O/c18-14-2-1-3-15(19)13(14)9-17(24)22-10-12-4-5-21-16(8-12)23-7-6-20-11-23/h1-8,11H,9-10H2,(H,22,24). The Morgan fingerprint density at radius 2 is 1.96 bits per heavy atom. The fourth-order valence-corrected chi connectivity index (χ4v) is 2.76. The number of pyridine rings is 1. The first-order valence-corrected chi connectivity index (χ1v) is 8.02. The van der Waals surface area contributed by atoms with Crippen molar-refractivity contribution in [2.45, 2.75) is 13.0 Å². The third-order valence-electron chi connectivity index (χ3n) is 3.47. The van der Waals surface area contributed by atoms with Gasteiger partial charge in [0.1, 0.15) is 12.1 Å². The molecule has 1 aromatic carbocycles. The van der Waals surface area contributed by atoms with E-state index in [0.29, 0.717) is 22.2 Å². The molecule has 2 heterocycles. The summed E-state index contributed by atoms with van der Waals surface area (Å²) in [5.74, 6) is 0.597. The van der Waals surface area contributed by atoms with Crippen LogP contribution in [0.25, 0.3) is 5.82 Å². The normalized spacial score (nSPS) is 10.6. The van der Waals surface area contributed by atoms with Crippen LogP contribution in [0.4, 0.5) is 0 Å². The molecule has 0 unspecified atom stereocenters. The van der Waals surface area contributed by atoms with Gasteiger partial charge in [0.25, 0.3) is 0 Å². The van der Waals surface area contributed by atoms with E-state index in [1.54, 1.807) is 41.5 Å². The Labute approximate surface area is 149 Å². The maximum absolute atomic E-state index is 12.1. The number of halogens is 2. The zero-order chi connectivity index (χ0) is 16.9. The molecular formula is C17H14Cl2N4O. The quantitative estimate of drug-likeness (QED) is 0.758. The second kappa shape index (κ2) is 7.47. The molecule has 0 aliphatic carbocycles. The van der Waals surface area contributed by atoms with Gasteiger partial charge in [-0.25, -0.2) is 9.97 Å². The van der Waals surface area contributed by atoms with E-state index in [-0.39, 0.29) is 12.3 Å². The number of nitrogens with zero attached hydrogens (tertiary/aromatic N) is 3. The maximum Gasteiger partial charge on any atom is 0.224 e. The van der Waals surface area contributed by atoms with Gasteiger partial charge in [-0.3, -0.25) is 9.36 Å². The number of hydrogen-bond donors (Lipinski definition) is 1. The monoisotopic (exact) mass is 360 g/mol. The predicted octanol–water partition coefficient (Wildman–Crippen LogP) is 3.43. The smallest absolute Gasteiger partial charge is 0.224 e. The molecule has 24 heavy (non-hydrogen) atoms. The van der Waals surface area contributed by atoms with Crippen molar-refractivity contribution >= 4 is 29.1 Å². The molecule has 0 aliphatic rings. The molecule has 0 saturated heterocycles. The third kappa shape index (κ3) is 3.93. The Morgan fingerprint density at radius 1 is 1.17 bits per heavy atom. The summed E-state index contributed by atoms with van der Waals surface area (Å²) in [4.78, 5) is 20.4. The van der Waals surface area contributed by atoms with Crippen LogP contribution in [0.1, 0.15) is 11.1 Å². The highest BCUT2D eigenvalue weighted by Crippen LogP contribution is 2.24. The van der Waals surface area contributed by atoms with E-state index >= 15 is 0 Å². The summed E-state index contributed by atoms with van der Waals surface area (Å²) >= 11 is 12.2. The minimum absolute atomic E-state index is 0.137. The Kier molecular flexibility index (Phi) is 5.13. The molecule has 7 heteroatoms. The van der Waals surface area contributed by atoms with E-state index in [0.717, 1.165) is 11.4 Å². The number of hydrogen-bond acceptors (Lipinski definition) is 3. The van der Waals surface area contributed by atoms with Crippen LogP contribution in [0.3, 0.4) is 0 Å². The minimum atomic E-state index is -0.147. The highest BCUT2D eigenvalue weighted by atomic mass is 35.5. The first-order chi connectivity index (χ1) is 11.6. The highest BCUT2D eigenvalue weighted by molar-refractivity contribution is 6.36. The van der Waals surface area contributed by atoms with E-state index in [1.165, 1.54) is 0 Å².